The van der Waals surface area contributed by atoms with E-state index in [-0.39, 0.29) is 18.3 Å². The molecule has 28 heavy (non-hydrogen) atoms. The summed E-state index contributed by atoms with van der Waals surface area (Å²) < 4.78 is 18.6. The van der Waals surface area contributed by atoms with Crippen LogP contribution in [0.5, 0.6) is 0 Å². The molecule has 2 aromatic carbocycles. The van der Waals surface area contributed by atoms with Crippen LogP contribution in [0.1, 0.15) is 16.7 Å². The summed E-state index contributed by atoms with van der Waals surface area (Å²) in [4.78, 5) is 16.4. The third-order valence-corrected chi connectivity index (χ3v) is 4.78. The smallest absolute Gasteiger partial charge is 0.234 e. The van der Waals surface area contributed by atoms with Gasteiger partial charge in [-0.05, 0) is 35.9 Å². The second-order valence-corrected chi connectivity index (χ2v) is 7.28. The maximum Gasteiger partial charge on any atom is 0.234 e. The molecular weight excluding hydrogens is 357 g/mol. The lowest BCUT2D eigenvalue weighted by Crippen LogP contribution is -2.35. The van der Waals surface area contributed by atoms with Crippen LogP contribution in [0.3, 0.4) is 0 Å². The van der Waals surface area contributed by atoms with Gasteiger partial charge in [0.25, 0.3) is 0 Å². The van der Waals surface area contributed by atoms with E-state index in [0.29, 0.717) is 13.1 Å². The van der Waals surface area contributed by atoms with Crippen molar-refractivity contribution < 1.29 is 13.9 Å². The van der Waals surface area contributed by atoms with Crippen molar-refractivity contribution in [1.82, 2.24) is 15.1 Å². The number of hydrogen-bond donors (Lipinski definition) is 1. The van der Waals surface area contributed by atoms with Crippen molar-refractivity contribution in [3.05, 3.63) is 71.0 Å². The second-order valence-electron chi connectivity index (χ2n) is 7.28. The van der Waals surface area contributed by atoms with Gasteiger partial charge in [0.2, 0.25) is 5.91 Å². The fourth-order valence-corrected chi connectivity index (χ4v) is 3.28. The van der Waals surface area contributed by atoms with Gasteiger partial charge in [0, 0.05) is 32.7 Å². The average molecular weight is 385 g/mol. The number of hydrogen-bond acceptors (Lipinski definition) is 4. The summed E-state index contributed by atoms with van der Waals surface area (Å²) in [6, 6.07) is 14.8. The number of halogens is 1. The fraction of sp³-hybridized carbons (Fsp3) is 0.409. The molecule has 150 valence electrons. The highest BCUT2D eigenvalue weighted by Gasteiger charge is 2.11. The molecule has 0 aliphatic carbocycles. The van der Waals surface area contributed by atoms with Gasteiger partial charge in [0.1, 0.15) is 5.82 Å². The van der Waals surface area contributed by atoms with Gasteiger partial charge in [-0.1, -0.05) is 36.4 Å². The molecule has 2 aromatic rings. The number of nitrogens with one attached hydrogen (secondary N) is 1. The van der Waals surface area contributed by atoms with Crippen LogP contribution >= 0.6 is 0 Å². The highest BCUT2D eigenvalue weighted by molar-refractivity contribution is 5.77. The number of benzene rings is 2. The Morgan fingerprint density at radius 2 is 1.82 bits per heavy atom. The van der Waals surface area contributed by atoms with Crippen molar-refractivity contribution in [3.8, 4) is 0 Å². The molecule has 1 heterocycles. The second kappa shape index (κ2) is 10.3. The van der Waals surface area contributed by atoms with E-state index in [2.05, 4.69) is 34.5 Å². The molecule has 0 spiro atoms. The van der Waals surface area contributed by atoms with Crippen molar-refractivity contribution in [2.45, 2.75) is 19.6 Å². The van der Waals surface area contributed by atoms with Gasteiger partial charge in [0.05, 0.1) is 19.8 Å². The maximum atomic E-state index is 13.2. The van der Waals surface area contributed by atoms with Crippen LogP contribution < -0.4 is 5.32 Å². The van der Waals surface area contributed by atoms with Crippen LogP contribution in [0.25, 0.3) is 0 Å². The Bertz CT molecular complexity index is 761. The zero-order valence-corrected chi connectivity index (χ0v) is 16.4. The van der Waals surface area contributed by atoms with E-state index in [1.807, 2.05) is 18.0 Å². The minimum Gasteiger partial charge on any atom is -0.379 e. The molecule has 1 saturated heterocycles. The van der Waals surface area contributed by atoms with Crippen molar-refractivity contribution in [1.29, 1.82) is 0 Å². The highest BCUT2D eigenvalue weighted by atomic mass is 19.1. The van der Waals surface area contributed by atoms with Gasteiger partial charge in [-0.25, -0.2) is 4.39 Å². The van der Waals surface area contributed by atoms with Crippen molar-refractivity contribution in [2.24, 2.45) is 0 Å². The Labute approximate surface area is 166 Å². The first-order chi connectivity index (χ1) is 13.6. The summed E-state index contributed by atoms with van der Waals surface area (Å²) in [6.45, 7) is 5.79. The van der Waals surface area contributed by atoms with Gasteiger partial charge in [-0.15, -0.1) is 0 Å². The number of rotatable bonds is 8. The lowest BCUT2D eigenvalue weighted by Gasteiger charge is -2.26. The van der Waals surface area contributed by atoms with E-state index in [0.717, 1.165) is 44.0 Å². The first-order valence-corrected chi connectivity index (χ1v) is 9.66. The van der Waals surface area contributed by atoms with Crippen LogP contribution in [-0.4, -0.2) is 55.6 Å². The highest BCUT2D eigenvalue weighted by Crippen LogP contribution is 2.09. The minimum absolute atomic E-state index is 0.0451. The van der Waals surface area contributed by atoms with E-state index in [9.17, 15) is 9.18 Å². The molecule has 1 N–H and O–H groups in total. The number of carbonyl (C=O) groups excluding carboxylic acids is 1. The van der Waals surface area contributed by atoms with Crippen molar-refractivity contribution >= 4 is 5.91 Å². The predicted molar refractivity (Wildman–Crippen MR) is 107 cm³/mol. The summed E-state index contributed by atoms with van der Waals surface area (Å²) in [6.07, 6.45) is 0. The molecular formula is C22H28FN3O2. The topological polar surface area (TPSA) is 44.8 Å². The standard InChI is InChI=1S/C22H28FN3O2/c1-25(15-20-3-2-4-21(23)13-20)17-22(27)24-14-18-5-7-19(8-6-18)16-26-9-11-28-12-10-26/h2-8,13H,9-12,14-17H2,1H3,(H,24,27). The van der Waals surface area contributed by atoms with E-state index < -0.39 is 0 Å². The van der Waals surface area contributed by atoms with Crippen LogP contribution in [0.2, 0.25) is 0 Å². The Hall–Kier alpha value is -2.28. The Morgan fingerprint density at radius 1 is 1.11 bits per heavy atom. The van der Waals surface area contributed by atoms with Crippen molar-refractivity contribution in [2.75, 3.05) is 39.9 Å². The van der Waals surface area contributed by atoms with Crippen LogP contribution in [0.15, 0.2) is 48.5 Å². The van der Waals surface area contributed by atoms with Crippen LogP contribution in [-0.2, 0) is 29.2 Å². The molecule has 5 nitrogen and oxygen atoms in total. The molecule has 1 aliphatic rings. The molecule has 0 radical (unpaired) electrons. The van der Waals surface area contributed by atoms with E-state index >= 15 is 0 Å². The van der Waals surface area contributed by atoms with Crippen LogP contribution in [0, 0.1) is 5.82 Å². The Balaban J connectivity index is 1.40. The summed E-state index contributed by atoms with van der Waals surface area (Å²) in [7, 11) is 1.85. The normalized spacial score (nSPS) is 15.0. The van der Waals surface area contributed by atoms with Gasteiger partial charge < -0.3 is 10.1 Å². The third kappa shape index (κ3) is 6.71. The van der Waals surface area contributed by atoms with Gasteiger partial charge in [0.15, 0.2) is 0 Å². The molecule has 0 aromatic heterocycles. The van der Waals surface area contributed by atoms with Gasteiger partial charge in [-0.3, -0.25) is 14.6 Å². The predicted octanol–water partition coefficient (Wildman–Crippen LogP) is 2.41. The lowest BCUT2D eigenvalue weighted by molar-refractivity contribution is -0.122. The third-order valence-electron chi connectivity index (χ3n) is 4.78. The van der Waals surface area contributed by atoms with Gasteiger partial charge >= 0.3 is 0 Å². The van der Waals surface area contributed by atoms with E-state index in [4.69, 9.17) is 4.74 Å². The Morgan fingerprint density at radius 3 is 2.54 bits per heavy atom. The zero-order valence-electron chi connectivity index (χ0n) is 16.4. The number of likely N-dealkylation sites (N-methyl/N-ethyl adjacent to an activating group) is 1. The van der Waals surface area contributed by atoms with E-state index in [1.165, 1.54) is 17.7 Å². The summed E-state index contributed by atoms with van der Waals surface area (Å²) in [5, 5.41) is 2.95. The first kappa shape index (κ1) is 20.5. The maximum absolute atomic E-state index is 13.2. The van der Waals surface area contributed by atoms with Crippen molar-refractivity contribution in [3.63, 3.8) is 0 Å². The minimum atomic E-state index is -0.257. The largest absolute Gasteiger partial charge is 0.379 e. The summed E-state index contributed by atoms with van der Waals surface area (Å²) in [5.74, 6) is -0.302. The first-order valence-electron chi connectivity index (χ1n) is 9.66. The fourth-order valence-electron chi connectivity index (χ4n) is 3.28. The quantitative estimate of drug-likeness (QED) is 0.758. The molecule has 1 aliphatic heterocycles. The molecule has 1 amide bonds. The number of carbonyl (C=O) groups is 1. The lowest BCUT2D eigenvalue weighted by atomic mass is 10.1. The number of morpholine rings is 1. The number of amides is 1. The molecule has 0 atom stereocenters. The number of nitrogens with zero attached hydrogens (tertiary/aromatic N) is 2. The molecule has 1 fully saturated rings. The molecule has 0 bridgehead atoms. The summed E-state index contributed by atoms with van der Waals surface area (Å²) >= 11 is 0. The van der Waals surface area contributed by atoms with Crippen LogP contribution in [0.4, 0.5) is 4.39 Å². The Kier molecular flexibility index (Phi) is 7.54. The van der Waals surface area contributed by atoms with Gasteiger partial charge in [-0.2, -0.15) is 0 Å². The molecule has 0 unspecified atom stereocenters. The molecule has 0 saturated carbocycles. The monoisotopic (exact) mass is 385 g/mol. The molecule has 6 heteroatoms. The number of ether oxygens (including phenoxy) is 1. The average Bonchev–Trinajstić information content (AvgIpc) is 2.68. The zero-order chi connectivity index (χ0) is 19.8. The molecule has 3 rings (SSSR count). The SMILES string of the molecule is CN(CC(=O)NCc1ccc(CN2CCOCC2)cc1)Cc1cccc(F)c1. The summed E-state index contributed by atoms with van der Waals surface area (Å²) in [5.41, 5.74) is 3.20. The van der Waals surface area contributed by atoms with E-state index in [1.54, 1.807) is 6.07 Å².